The summed E-state index contributed by atoms with van der Waals surface area (Å²) in [6.45, 7) is 14.0. The average Bonchev–Trinajstić information content (AvgIpc) is 2.74. The lowest BCUT2D eigenvalue weighted by molar-refractivity contribution is 0.281. The van der Waals surface area contributed by atoms with Gasteiger partial charge in [0, 0.05) is 7.05 Å². The number of fused-ring (bicyclic) bond motifs is 1. The van der Waals surface area contributed by atoms with Crippen molar-refractivity contribution in [2.45, 2.75) is 31.9 Å². The van der Waals surface area contributed by atoms with Crippen molar-refractivity contribution in [2.24, 2.45) is 5.92 Å². The van der Waals surface area contributed by atoms with Crippen molar-refractivity contribution >= 4 is 29.2 Å². The van der Waals surface area contributed by atoms with E-state index in [9.17, 15) is 0 Å². The number of hydrogen-bond acceptors (Lipinski definition) is 3. The highest BCUT2D eigenvalue weighted by Crippen LogP contribution is 2.44. The molecule has 6 radical (unpaired) electrons. The van der Waals surface area contributed by atoms with E-state index >= 15 is 0 Å². The molecule has 7 heteroatoms. The van der Waals surface area contributed by atoms with Crippen molar-refractivity contribution in [2.75, 3.05) is 7.05 Å². The molecule has 0 saturated heterocycles. The Labute approximate surface area is 136 Å². The van der Waals surface area contributed by atoms with E-state index in [0.29, 0.717) is 11.6 Å². The SMILES string of the molecule is [B]C([B])([B])C1c2nc(C)nn2C(C=C)=C(C(=C)C(C)C)N1C. The van der Waals surface area contributed by atoms with E-state index in [1.54, 1.807) is 10.8 Å². The van der Waals surface area contributed by atoms with Gasteiger partial charge in [-0.05, 0) is 24.5 Å². The second kappa shape index (κ2) is 5.52. The Morgan fingerprint density at radius 1 is 1.36 bits per heavy atom. The van der Waals surface area contributed by atoms with Crippen molar-refractivity contribution in [3.05, 3.63) is 42.2 Å². The summed E-state index contributed by atoms with van der Waals surface area (Å²) in [5.41, 5.74) is 2.61. The van der Waals surface area contributed by atoms with E-state index in [0.717, 1.165) is 17.0 Å². The van der Waals surface area contributed by atoms with Crippen LogP contribution in [0, 0.1) is 12.8 Å². The molecular weight excluding hydrogens is 269 g/mol. The smallest absolute Gasteiger partial charge is 0.153 e. The zero-order valence-corrected chi connectivity index (χ0v) is 13.7. The zero-order chi connectivity index (χ0) is 16.8. The molecule has 0 spiro atoms. The van der Waals surface area contributed by atoms with E-state index in [2.05, 4.69) is 37.1 Å². The molecular formula is C15H19B3N4. The molecule has 0 aromatic carbocycles. The molecule has 1 atom stereocenters. The molecule has 1 unspecified atom stereocenters. The first kappa shape index (κ1) is 16.7. The van der Waals surface area contributed by atoms with Crippen molar-refractivity contribution in [3.63, 3.8) is 0 Å². The van der Waals surface area contributed by atoms with Crippen LogP contribution in [0.1, 0.15) is 31.5 Å². The molecule has 1 aromatic rings. The molecule has 0 fully saturated rings. The summed E-state index contributed by atoms with van der Waals surface area (Å²) < 4.78 is 1.71. The van der Waals surface area contributed by atoms with Crippen LogP contribution in [0.15, 0.2) is 30.5 Å². The van der Waals surface area contributed by atoms with Gasteiger partial charge in [0.1, 0.15) is 5.82 Å². The van der Waals surface area contributed by atoms with Gasteiger partial charge in [0.05, 0.1) is 41.0 Å². The summed E-state index contributed by atoms with van der Waals surface area (Å²) >= 11 is 0. The fourth-order valence-electron chi connectivity index (χ4n) is 2.78. The minimum atomic E-state index is -1.47. The molecule has 0 saturated carbocycles. The highest BCUT2D eigenvalue weighted by atomic mass is 15.4. The van der Waals surface area contributed by atoms with Crippen LogP contribution < -0.4 is 0 Å². The Bertz CT molecular complexity index is 652. The number of rotatable bonds is 4. The summed E-state index contributed by atoms with van der Waals surface area (Å²) in [4.78, 5) is 6.36. The molecule has 0 aliphatic carbocycles. The van der Waals surface area contributed by atoms with Crippen LogP contribution in [0.4, 0.5) is 0 Å². The predicted octanol–water partition coefficient (Wildman–Crippen LogP) is 1.72. The van der Waals surface area contributed by atoms with E-state index in [1.807, 2.05) is 18.9 Å². The predicted molar refractivity (Wildman–Crippen MR) is 92.6 cm³/mol. The number of allylic oxidation sites excluding steroid dienone is 3. The second-order valence-corrected chi connectivity index (χ2v) is 6.06. The third-order valence-corrected chi connectivity index (χ3v) is 3.86. The minimum absolute atomic E-state index is 0.238. The lowest BCUT2D eigenvalue weighted by Crippen LogP contribution is -2.41. The largest absolute Gasteiger partial charge is 0.364 e. The van der Waals surface area contributed by atoms with Crippen LogP contribution in [0.5, 0.6) is 0 Å². The van der Waals surface area contributed by atoms with Crippen LogP contribution >= 0.6 is 0 Å². The Morgan fingerprint density at radius 3 is 2.41 bits per heavy atom. The standard InChI is InChI=1S/C15H19B3N4/c1-7-11-12(9(4)8(2)3)21(6)13(15(16,17)18)14-19-10(5)20-22(11)14/h7-8,13H,1,4H2,2-3,5-6H3. The van der Waals surface area contributed by atoms with Gasteiger partial charge in [0.2, 0.25) is 0 Å². The topological polar surface area (TPSA) is 34.0 Å². The molecule has 2 heterocycles. The van der Waals surface area contributed by atoms with E-state index < -0.39 is 11.2 Å². The Morgan fingerprint density at radius 2 is 1.95 bits per heavy atom. The molecule has 1 aliphatic heterocycles. The maximum atomic E-state index is 6.00. The van der Waals surface area contributed by atoms with Crippen LogP contribution in [-0.2, 0) is 0 Å². The van der Waals surface area contributed by atoms with Gasteiger partial charge >= 0.3 is 0 Å². The average molecular weight is 288 g/mol. The summed E-state index contributed by atoms with van der Waals surface area (Å²) in [7, 11) is 19.9. The van der Waals surface area contributed by atoms with Crippen LogP contribution in [-0.4, -0.2) is 50.3 Å². The second-order valence-electron chi connectivity index (χ2n) is 6.06. The van der Waals surface area contributed by atoms with Crippen molar-refractivity contribution in [1.29, 1.82) is 0 Å². The van der Waals surface area contributed by atoms with Crippen LogP contribution in [0.25, 0.3) is 5.70 Å². The lowest BCUT2D eigenvalue weighted by Gasteiger charge is -2.45. The van der Waals surface area contributed by atoms with Crippen molar-refractivity contribution < 1.29 is 0 Å². The van der Waals surface area contributed by atoms with E-state index in [4.69, 9.17) is 23.5 Å². The molecule has 0 N–H and O–H groups in total. The Hall–Kier alpha value is -1.65. The maximum absolute atomic E-state index is 6.00. The molecule has 4 nitrogen and oxygen atoms in total. The first-order chi connectivity index (χ1) is 10.1. The maximum Gasteiger partial charge on any atom is 0.153 e. The number of aromatic nitrogens is 3. The van der Waals surface area contributed by atoms with Crippen molar-refractivity contribution in [3.8, 4) is 0 Å². The zero-order valence-electron chi connectivity index (χ0n) is 13.7. The van der Waals surface area contributed by atoms with Gasteiger partial charge in [0.15, 0.2) is 5.82 Å². The molecule has 2 rings (SSSR count). The summed E-state index contributed by atoms with van der Waals surface area (Å²) in [6, 6.07) is -0.525. The molecule has 22 heavy (non-hydrogen) atoms. The van der Waals surface area contributed by atoms with Gasteiger partial charge in [0.25, 0.3) is 0 Å². The number of hydrogen-bond donors (Lipinski definition) is 0. The third kappa shape index (κ3) is 2.57. The van der Waals surface area contributed by atoms with E-state index in [1.165, 1.54) is 0 Å². The van der Waals surface area contributed by atoms with Crippen LogP contribution in [0.2, 0.25) is 5.11 Å². The molecule has 0 amide bonds. The van der Waals surface area contributed by atoms with Gasteiger partial charge in [-0.15, -0.1) is 5.11 Å². The third-order valence-electron chi connectivity index (χ3n) is 3.86. The summed E-state index contributed by atoms with van der Waals surface area (Å²) in [5.74, 6) is 1.46. The Kier molecular flexibility index (Phi) is 4.20. The first-order valence-electron chi connectivity index (χ1n) is 7.18. The quantitative estimate of drug-likeness (QED) is 0.791. The van der Waals surface area contributed by atoms with Crippen LogP contribution in [0.3, 0.4) is 0 Å². The summed E-state index contributed by atoms with van der Waals surface area (Å²) in [6.07, 6.45) is 1.73. The lowest BCUT2D eigenvalue weighted by atomic mass is 9.39. The van der Waals surface area contributed by atoms with Gasteiger partial charge in [-0.2, -0.15) is 5.10 Å². The number of aryl methyl sites for hydroxylation is 1. The summed E-state index contributed by atoms with van der Waals surface area (Å²) in [5, 5.41) is 2.96. The van der Waals surface area contributed by atoms with Gasteiger partial charge in [-0.1, -0.05) is 27.0 Å². The monoisotopic (exact) mass is 288 g/mol. The molecule has 0 bridgehead atoms. The first-order valence-corrected chi connectivity index (χ1v) is 7.18. The molecule has 108 valence electrons. The molecule has 1 aliphatic rings. The fraction of sp³-hybridized carbons (Fsp3) is 0.467. The van der Waals surface area contributed by atoms with Gasteiger partial charge in [-0.25, -0.2) is 9.67 Å². The van der Waals surface area contributed by atoms with Gasteiger partial charge in [-0.3, -0.25) is 0 Å². The Balaban J connectivity index is 2.77. The number of nitrogens with zero attached hydrogens (tertiary/aromatic N) is 4. The van der Waals surface area contributed by atoms with Crippen molar-refractivity contribution in [1.82, 2.24) is 19.7 Å². The fourth-order valence-corrected chi connectivity index (χ4v) is 2.78. The minimum Gasteiger partial charge on any atom is -0.364 e. The normalized spacial score (nSPS) is 18.6. The highest BCUT2D eigenvalue weighted by Gasteiger charge is 2.39. The number of likely N-dealkylation sites (N-methyl/N-ethyl adjacent to an activating group) is 1. The van der Waals surface area contributed by atoms with E-state index in [-0.39, 0.29) is 5.92 Å². The highest BCUT2D eigenvalue weighted by molar-refractivity contribution is 6.59. The van der Waals surface area contributed by atoms with Gasteiger partial charge < -0.3 is 4.90 Å². The molecule has 1 aromatic heterocycles.